The third-order valence-electron chi connectivity index (χ3n) is 3.19. The largest absolute Gasteiger partial charge is 0.334 e. The van der Waals surface area contributed by atoms with Crippen molar-refractivity contribution >= 4 is 6.03 Å². The molecule has 0 spiro atoms. The van der Waals surface area contributed by atoms with Gasteiger partial charge in [-0.05, 0) is 18.8 Å². The number of nitrogens with zero attached hydrogens (tertiary/aromatic N) is 1. The molecule has 1 aliphatic rings. The van der Waals surface area contributed by atoms with Gasteiger partial charge in [0.05, 0.1) is 0 Å². The van der Waals surface area contributed by atoms with E-state index in [1.165, 1.54) is 32.1 Å². The van der Waals surface area contributed by atoms with Crippen LogP contribution in [0.5, 0.6) is 0 Å². The summed E-state index contributed by atoms with van der Waals surface area (Å²) in [5.74, 6) is 0.577. The number of nitrogens with one attached hydrogen (secondary N) is 1. The number of nitrogens with two attached hydrogens (primary N) is 1. The fourth-order valence-electron chi connectivity index (χ4n) is 2.19. The van der Waals surface area contributed by atoms with Crippen LogP contribution in [0.2, 0.25) is 0 Å². The van der Waals surface area contributed by atoms with Gasteiger partial charge < -0.3 is 16.0 Å². The maximum Gasteiger partial charge on any atom is 0.317 e. The summed E-state index contributed by atoms with van der Waals surface area (Å²) in [5.41, 5.74) is 5.72. The van der Waals surface area contributed by atoms with E-state index in [4.69, 9.17) is 5.73 Å². The molecule has 0 saturated heterocycles. The number of rotatable bonds is 3. The minimum absolute atomic E-state index is 0.0315. The van der Waals surface area contributed by atoms with Gasteiger partial charge in [0, 0.05) is 26.7 Å². The van der Waals surface area contributed by atoms with Crippen molar-refractivity contribution in [1.82, 2.24) is 10.2 Å². The van der Waals surface area contributed by atoms with E-state index in [-0.39, 0.29) is 12.1 Å². The highest BCUT2D eigenvalue weighted by molar-refractivity contribution is 5.73. The molecular weight excluding hydrogens is 190 g/mol. The average Bonchev–Trinajstić information content (AvgIpc) is 2.26. The van der Waals surface area contributed by atoms with Crippen molar-refractivity contribution < 1.29 is 4.79 Å². The summed E-state index contributed by atoms with van der Waals surface area (Å²) in [6.45, 7) is 0.546. The van der Waals surface area contributed by atoms with Crippen LogP contribution in [0.25, 0.3) is 0 Å². The van der Waals surface area contributed by atoms with Crippen LogP contribution in [0.3, 0.4) is 0 Å². The van der Waals surface area contributed by atoms with E-state index in [0.29, 0.717) is 12.5 Å². The molecule has 3 N–H and O–H groups in total. The molecule has 0 radical (unpaired) electrons. The third kappa shape index (κ3) is 3.70. The van der Waals surface area contributed by atoms with E-state index in [0.717, 1.165) is 0 Å². The van der Waals surface area contributed by atoms with E-state index >= 15 is 0 Å². The van der Waals surface area contributed by atoms with E-state index in [9.17, 15) is 4.79 Å². The molecule has 0 heterocycles. The Hall–Kier alpha value is -0.770. The van der Waals surface area contributed by atoms with Crippen molar-refractivity contribution in [2.45, 2.75) is 38.1 Å². The van der Waals surface area contributed by atoms with Crippen LogP contribution in [0.4, 0.5) is 4.79 Å². The first-order valence-corrected chi connectivity index (χ1v) is 5.83. The van der Waals surface area contributed by atoms with Gasteiger partial charge in [0.25, 0.3) is 0 Å². The Morgan fingerprint density at radius 1 is 1.40 bits per heavy atom. The minimum Gasteiger partial charge on any atom is -0.334 e. The highest BCUT2D eigenvalue weighted by Gasteiger charge is 2.24. The smallest absolute Gasteiger partial charge is 0.317 e. The second-order valence-electron chi connectivity index (χ2n) is 4.58. The summed E-state index contributed by atoms with van der Waals surface area (Å²) in [4.78, 5) is 13.1. The highest BCUT2D eigenvalue weighted by Crippen LogP contribution is 2.26. The van der Waals surface area contributed by atoms with Gasteiger partial charge in [0.2, 0.25) is 0 Å². The Labute approximate surface area is 92.2 Å². The van der Waals surface area contributed by atoms with Crippen molar-refractivity contribution in [3.8, 4) is 0 Å². The van der Waals surface area contributed by atoms with Crippen molar-refractivity contribution in [1.29, 1.82) is 0 Å². The number of amides is 2. The number of carbonyl (C=O) groups excluding carboxylic acids is 1. The second-order valence-corrected chi connectivity index (χ2v) is 4.58. The van der Waals surface area contributed by atoms with Crippen LogP contribution in [-0.4, -0.2) is 37.6 Å². The van der Waals surface area contributed by atoms with Crippen LogP contribution in [0, 0.1) is 5.92 Å². The maximum atomic E-state index is 11.5. The lowest BCUT2D eigenvalue weighted by molar-refractivity contribution is 0.201. The van der Waals surface area contributed by atoms with Crippen molar-refractivity contribution in [3.63, 3.8) is 0 Å². The first-order valence-electron chi connectivity index (χ1n) is 5.83. The van der Waals surface area contributed by atoms with Crippen LogP contribution in [-0.2, 0) is 0 Å². The Kier molecular flexibility index (Phi) is 4.88. The predicted molar refractivity (Wildman–Crippen MR) is 61.6 cm³/mol. The lowest BCUT2D eigenvalue weighted by atomic mass is 9.84. The quantitative estimate of drug-likeness (QED) is 0.739. The Bertz CT molecular complexity index is 200. The predicted octanol–water partition coefficient (Wildman–Crippen LogP) is 1.17. The topological polar surface area (TPSA) is 58.4 Å². The number of hydrogen-bond acceptors (Lipinski definition) is 2. The van der Waals surface area contributed by atoms with Crippen molar-refractivity contribution in [3.05, 3.63) is 0 Å². The second kappa shape index (κ2) is 5.95. The summed E-state index contributed by atoms with van der Waals surface area (Å²) in [5, 5.41) is 3.00. The van der Waals surface area contributed by atoms with E-state index in [1.54, 1.807) is 19.0 Å². The van der Waals surface area contributed by atoms with Gasteiger partial charge in [-0.25, -0.2) is 4.79 Å². The molecule has 1 rings (SSSR count). The summed E-state index contributed by atoms with van der Waals surface area (Å²) in [7, 11) is 3.51. The average molecular weight is 213 g/mol. The monoisotopic (exact) mass is 213 g/mol. The minimum atomic E-state index is -0.0315. The molecule has 2 amide bonds. The molecule has 0 aromatic carbocycles. The lowest BCUT2D eigenvalue weighted by Gasteiger charge is -2.30. The number of carbonyl (C=O) groups is 1. The normalized spacial score (nSPS) is 19.7. The first kappa shape index (κ1) is 12.3. The molecule has 1 unspecified atom stereocenters. The van der Waals surface area contributed by atoms with Crippen LogP contribution in [0.15, 0.2) is 0 Å². The van der Waals surface area contributed by atoms with Gasteiger partial charge in [0.1, 0.15) is 0 Å². The van der Waals surface area contributed by atoms with Crippen molar-refractivity contribution in [2.75, 3.05) is 20.6 Å². The zero-order valence-corrected chi connectivity index (χ0v) is 9.83. The lowest BCUT2D eigenvalue weighted by Crippen LogP contribution is -2.49. The van der Waals surface area contributed by atoms with Gasteiger partial charge in [-0.15, -0.1) is 0 Å². The fourth-order valence-corrected chi connectivity index (χ4v) is 2.19. The van der Waals surface area contributed by atoms with E-state index in [1.807, 2.05) is 0 Å². The number of urea groups is 1. The summed E-state index contributed by atoms with van der Waals surface area (Å²) in [6.07, 6.45) is 6.29. The van der Waals surface area contributed by atoms with Gasteiger partial charge >= 0.3 is 6.03 Å². The standard InChI is InChI=1S/C11H23N3O/c1-14(2)11(15)13-10(8-12)9-6-4-3-5-7-9/h9-10H,3-8,12H2,1-2H3,(H,13,15). The fraction of sp³-hybridized carbons (Fsp3) is 0.909. The highest BCUT2D eigenvalue weighted by atomic mass is 16.2. The van der Waals surface area contributed by atoms with Crippen molar-refractivity contribution in [2.24, 2.45) is 11.7 Å². The van der Waals surface area contributed by atoms with E-state index in [2.05, 4.69) is 5.32 Å². The molecule has 1 fully saturated rings. The van der Waals surface area contributed by atoms with Gasteiger partial charge in [-0.2, -0.15) is 0 Å². The number of hydrogen-bond donors (Lipinski definition) is 2. The Balaban J connectivity index is 2.43. The Morgan fingerprint density at radius 2 is 2.00 bits per heavy atom. The summed E-state index contributed by atoms with van der Waals surface area (Å²) < 4.78 is 0. The SMILES string of the molecule is CN(C)C(=O)NC(CN)C1CCCCC1. The molecule has 1 atom stereocenters. The molecule has 1 aliphatic carbocycles. The molecule has 0 aromatic rings. The molecule has 15 heavy (non-hydrogen) atoms. The van der Waals surface area contributed by atoms with Crippen LogP contribution >= 0.6 is 0 Å². The Morgan fingerprint density at radius 3 is 2.47 bits per heavy atom. The molecule has 0 bridgehead atoms. The van der Waals surface area contributed by atoms with Gasteiger partial charge in [0.15, 0.2) is 0 Å². The zero-order chi connectivity index (χ0) is 11.3. The molecule has 0 aliphatic heterocycles. The molecular formula is C11H23N3O. The van der Waals surface area contributed by atoms with Crippen LogP contribution < -0.4 is 11.1 Å². The molecule has 4 nitrogen and oxygen atoms in total. The maximum absolute atomic E-state index is 11.5. The van der Waals surface area contributed by atoms with Gasteiger partial charge in [-0.3, -0.25) is 0 Å². The summed E-state index contributed by atoms with van der Waals surface area (Å²) >= 11 is 0. The summed E-state index contributed by atoms with van der Waals surface area (Å²) in [6, 6.07) is 0.122. The zero-order valence-electron chi connectivity index (χ0n) is 9.83. The molecule has 88 valence electrons. The molecule has 1 saturated carbocycles. The third-order valence-corrected chi connectivity index (χ3v) is 3.19. The first-order chi connectivity index (χ1) is 7.15. The van der Waals surface area contributed by atoms with E-state index < -0.39 is 0 Å². The molecule has 0 aromatic heterocycles. The van der Waals surface area contributed by atoms with Crippen LogP contribution in [0.1, 0.15) is 32.1 Å². The van der Waals surface area contributed by atoms with Gasteiger partial charge in [-0.1, -0.05) is 19.3 Å². The molecule has 4 heteroatoms.